The molecule has 1 amide bonds. The molecular formula is C22H22ClN5O2S. The van der Waals surface area contributed by atoms with Gasteiger partial charge in [0.15, 0.2) is 11.0 Å². The summed E-state index contributed by atoms with van der Waals surface area (Å²) in [5.74, 6) is 0.677. The van der Waals surface area contributed by atoms with Gasteiger partial charge in [0.05, 0.1) is 12.0 Å². The number of thioether (sulfide) groups is 1. The van der Waals surface area contributed by atoms with E-state index in [2.05, 4.69) is 27.3 Å². The fourth-order valence-corrected chi connectivity index (χ4v) is 3.79. The Morgan fingerprint density at radius 2 is 2.06 bits per heavy atom. The minimum Gasteiger partial charge on any atom is -0.507 e. The summed E-state index contributed by atoms with van der Waals surface area (Å²) < 4.78 is 1.94. The van der Waals surface area contributed by atoms with Crippen LogP contribution in [0.5, 0.6) is 5.75 Å². The van der Waals surface area contributed by atoms with Gasteiger partial charge in [0, 0.05) is 22.7 Å². The molecule has 0 atom stereocenters. The number of phenols is 1. The Bertz CT molecular complexity index is 1100. The Morgan fingerprint density at radius 1 is 1.29 bits per heavy atom. The summed E-state index contributed by atoms with van der Waals surface area (Å²) in [4.78, 5) is 12.2. The van der Waals surface area contributed by atoms with Crippen LogP contribution >= 0.6 is 23.4 Å². The lowest BCUT2D eigenvalue weighted by Gasteiger charge is -2.07. The highest BCUT2D eigenvalue weighted by atomic mass is 35.5. The molecule has 0 radical (unpaired) electrons. The predicted molar refractivity (Wildman–Crippen MR) is 125 cm³/mol. The van der Waals surface area contributed by atoms with Crippen molar-refractivity contribution in [2.24, 2.45) is 5.10 Å². The number of aromatic nitrogens is 3. The average Bonchev–Trinajstić information content (AvgIpc) is 3.18. The van der Waals surface area contributed by atoms with E-state index in [-0.39, 0.29) is 17.4 Å². The van der Waals surface area contributed by atoms with Crippen LogP contribution in [0.2, 0.25) is 5.02 Å². The number of carbonyl (C=O) groups excluding carboxylic acids is 1. The Morgan fingerprint density at radius 3 is 2.77 bits per heavy atom. The first kappa shape index (κ1) is 22.6. The van der Waals surface area contributed by atoms with E-state index >= 15 is 0 Å². The van der Waals surface area contributed by atoms with Crippen molar-refractivity contribution in [2.45, 2.75) is 25.0 Å². The number of aromatic hydroxyl groups is 1. The van der Waals surface area contributed by atoms with E-state index in [1.54, 1.807) is 24.3 Å². The summed E-state index contributed by atoms with van der Waals surface area (Å²) in [6.07, 6.45) is 3.67. The average molecular weight is 456 g/mol. The fourth-order valence-electron chi connectivity index (χ4n) is 2.86. The van der Waals surface area contributed by atoms with Gasteiger partial charge in [-0.25, -0.2) is 5.43 Å². The first-order chi connectivity index (χ1) is 15.0. The SMILES string of the molecule is C=CCc1cccc(C=NNC(=O)CSc2nnc(-c3ccc(Cl)cc3)n2CC)c1O. The monoisotopic (exact) mass is 455 g/mol. The van der Waals surface area contributed by atoms with Crippen LogP contribution in [0.1, 0.15) is 18.1 Å². The van der Waals surface area contributed by atoms with E-state index < -0.39 is 0 Å². The van der Waals surface area contributed by atoms with E-state index in [0.717, 1.165) is 17.0 Å². The Balaban J connectivity index is 1.60. The first-order valence-electron chi connectivity index (χ1n) is 9.59. The van der Waals surface area contributed by atoms with Crippen LogP contribution in [0.4, 0.5) is 0 Å². The molecular weight excluding hydrogens is 434 g/mol. The minimum absolute atomic E-state index is 0.124. The Labute approximate surface area is 189 Å². The van der Waals surface area contributed by atoms with Crippen LogP contribution in [-0.4, -0.2) is 37.7 Å². The molecule has 0 saturated carbocycles. The number of phenolic OH excluding ortho intramolecular Hbond substituents is 1. The molecule has 1 heterocycles. The smallest absolute Gasteiger partial charge is 0.250 e. The summed E-state index contributed by atoms with van der Waals surface area (Å²) >= 11 is 7.23. The molecule has 31 heavy (non-hydrogen) atoms. The number of amides is 1. The molecule has 2 aromatic carbocycles. The lowest BCUT2D eigenvalue weighted by atomic mass is 10.1. The van der Waals surface area contributed by atoms with E-state index in [1.165, 1.54) is 18.0 Å². The highest BCUT2D eigenvalue weighted by Crippen LogP contribution is 2.25. The number of carbonyl (C=O) groups is 1. The zero-order valence-corrected chi connectivity index (χ0v) is 18.5. The molecule has 0 aliphatic heterocycles. The lowest BCUT2D eigenvalue weighted by molar-refractivity contribution is -0.118. The van der Waals surface area contributed by atoms with Crippen molar-refractivity contribution < 1.29 is 9.90 Å². The third-order valence-electron chi connectivity index (χ3n) is 4.38. The molecule has 3 rings (SSSR count). The number of rotatable bonds is 9. The highest BCUT2D eigenvalue weighted by molar-refractivity contribution is 7.99. The van der Waals surface area contributed by atoms with E-state index in [9.17, 15) is 9.90 Å². The van der Waals surface area contributed by atoms with Crippen LogP contribution in [0.25, 0.3) is 11.4 Å². The van der Waals surface area contributed by atoms with Crippen LogP contribution in [0.15, 0.2) is 65.4 Å². The van der Waals surface area contributed by atoms with Gasteiger partial charge in [-0.05, 0) is 49.2 Å². The molecule has 0 spiro atoms. The van der Waals surface area contributed by atoms with Crippen LogP contribution in [0, 0.1) is 0 Å². The van der Waals surface area contributed by atoms with Gasteiger partial charge < -0.3 is 9.67 Å². The molecule has 0 aliphatic carbocycles. The summed E-state index contributed by atoms with van der Waals surface area (Å²) in [5, 5.41) is 23.9. The molecule has 160 valence electrons. The van der Waals surface area contributed by atoms with Crippen molar-refractivity contribution in [3.05, 3.63) is 71.3 Å². The largest absolute Gasteiger partial charge is 0.507 e. The Kier molecular flexibility index (Phi) is 7.86. The highest BCUT2D eigenvalue weighted by Gasteiger charge is 2.14. The molecule has 0 bridgehead atoms. The van der Waals surface area contributed by atoms with Gasteiger partial charge in [0.25, 0.3) is 5.91 Å². The minimum atomic E-state index is -0.290. The molecule has 7 nitrogen and oxygen atoms in total. The van der Waals surface area contributed by atoms with Gasteiger partial charge in [0.2, 0.25) is 0 Å². The zero-order valence-electron chi connectivity index (χ0n) is 17.0. The predicted octanol–water partition coefficient (Wildman–Crippen LogP) is 4.29. The second-order valence-electron chi connectivity index (χ2n) is 6.49. The number of para-hydroxylation sites is 1. The van der Waals surface area contributed by atoms with Gasteiger partial charge in [0.1, 0.15) is 5.75 Å². The van der Waals surface area contributed by atoms with Crippen molar-refractivity contribution in [2.75, 3.05) is 5.75 Å². The second kappa shape index (κ2) is 10.8. The number of hydrogen-bond acceptors (Lipinski definition) is 6. The van der Waals surface area contributed by atoms with E-state index in [4.69, 9.17) is 11.6 Å². The number of allylic oxidation sites excluding steroid dienone is 1. The standard InChI is InChI=1S/C22H22ClN5O2S/c1-3-6-15-7-5-8-17(20(15)30)13-24-25-19(29)14-31-22-27-26-21(28(22)4-2)16-9-11-18(23)12-10-16/h3,5,7-13,30H,1,4,6,14H2,2H3,(H,25,29). The number of nitrogens with one attached hydrogen (secondary N) is 1. The van der Waals surface area contributed by atoms with Crippen LogP contribution < -0.4 is 5.43 Å². The van der Waals surface area contributed by atoms with Crippen molar-refractivity contribution in [1.29, 1.82) is 0 Å². The molecule has 2 N–H and O–H groups in total. The van der Waals surface area contributed by atoms with Crippen LogP contribution in [0.3, 0.4) is 0 Å². The molecule has 0 unspecified atom stereocenters. The van der Waals surface area contributed by atoms with Gasteiger partial charge in [-0.2, -0.15) is 5.10 Å². The molecule has 0 fully saturated rings. The van der Waals surface area contributed by atoms with Crippen LogP contribution in [-0.2, 0) is 17.8 Å². The number of benzene rings is 2. The van der Waals surface area contributed by atoms with E-state index in [0.29, 0.717) is 28.7 Å². The topological polar surface area (TPSA) is 92.4 Å². The number of halogens is 1. The summed E-state index contributed by atoms with van der Waals surface area (Å²) in [7, 11) is 0. The third-order valence-corrected chi connectivity index (χ3v) is 5.59. The van der Waals surface area contributed by atoms with Gasteiger partial charge in [-0.1, -0.05) is 41.6 Å². The van der Waals surface area contributed by atoms with Gasteiger partial charge in [-0.3, -0.25) is 4.79 Å². The van der Waals surface area contributed by atoms with Crippen molar-refractivity contribution in [1.82, 2.24) is 20.2 Å². The maximum atomic E-state index is 12.2. The Hall–Kier alpha value is -3.10. The first-order valence-corrected chi connectivity index (χ1v) is 11.0. The summed E-state index contributed by atoms with van der Waals surface area (Å²) in [6, 6.07) is 12.7. The van der Waals surface area contributed by atoms with Crippen molar-refractivity contribution >= 4 is 35.5 Å². The summed E-state index contributed by atoms with van der Waals surface area (Å²) in [5.41, 5.74) is 4.64. The van der Waals surface area contributed by atoms with Crippen molar-refractivity contribution in [3.8, 4) is 17.1 Å². The third kappa shape index (κ3) is 5.74. The molecule has 0 saturated heterocycles. The maximum Gasteiger partial charge on any atom is 0.250 e. The molecule has 1 aromatic heterocycles. The van der Waals surface area contributed by atoms with Crippen molar-refractivity contribution in [3.63, 3.8) is 0 Å². The summed E-state index contributed by atoms with van der Waals surface area (Å²) in [6.45, 7) is 6.32. The second-order valence-corrected chi connectivity index (χ2v) is 7.87. The maximum absolute atomic E-state index is 12.2. The fraction of sp³-hybridized carbons (Fsp3) is 0.182. The normalized spacial score (nSPS) is 11.0. The van der Waals surface area contributed by atoms with E-state index in [1.807, 2.05) is 35.8 Å². The quantitative estimate of drug-likeness (QED) is 0.217. The zero-order chi connectivity index (χ0) is 22.2. The lowest BCUT2D eigenvalue weighted by Crippen LogP contribution is -2.20. The molecule has 0 aliphatic rings. The number of hydrogen-bond donors (Lipinski definition) is 2. The molecule has 3 aromatic rings. The number of nitrogens with zero attached hydrogens (tertiary/aromatic N) is 4. The molecule has 9 heteroatoms. The van der Waals surface area contributed by atoms with Gasteiger partial charge >= 0.3 is 0 Å². The number of hydrazone groups is 1. The van der Waals surface area contributed by atoms with Gasteiger partial charge in [-0.15, -0.1) is 16.8 Å².